The second-order valence-corrected chi connectivity index (χ2v) is 7.83. The molecule has 0 saturated carbocycles. The monoisotopic (exact) mass is 478 g/mol. The Balaban J connectivity index is 1.60. The molecule has 6 N–H and O–H groups in total. The third-order valence-electron chi connectivity index (χ3n) is 5.61. The smallest absolute Gasteiger partial charge is 0.335 e. The van der Waals surface area contributed by atoms with Crippen LogP contribution < -0.4 is 14.2 Å². The lowest BCUT2D eigenvalue weighted by atomic mass is 9.95. The Labute approximate surface area is 192 Å². The Bertz CT molecular complexity index is 1120. The van der Waals surface area contributed by atoms with Gasteiger partial charge >= 0.3 is 5.97 Å². The van der Waals surface area contributed by atoms with E-state index in [-0.39, 0.29) is 35.0 Å². The number of aliphatic carboxylic acids is 1. The minimum absolute atomic E-state index is 0.0628. The van der Waals surface area contributed by atoms with E-state index in [1.165, 1.54) is 25.3 Å². The van der Waals surface area contributed by atoms with Gasteiger partial charge in [0.25, 0.3) is 0 Å². The van der Waals surface area contributed by atoms with Crippen molar-refractivity contribution in [2.75, 3.05) is 7.11 Å². The van der Waals surface area contributed by atoms with Gasteiger partial charge in [-0.2, -0.15) is 0 Å². The minimum atomic E-state index is -1.90. The van der Waals surface area contributed by atoms with Crippen LogP contribution in [0.3, 0.4) is 0 Å². The molecule has 0 spiro atoms. The molecule has 12 heteroatoms. The maximum Gasteiger partial charge on any atom is 0.335 e. The van der Waals surface area contributed by atoms with Gasteiger partial charge in [0.05, 0.1) is 13.5 Å². The first kappa shape index (κ1) is 23.6. The molecule has 2 aliphatic rings. The van der Waals surface area contributed by atoms with Crippen molar-refractivity contribution >= 4 is 11.8 Å². The Morgan fingerprint density at radius 1 is 1.03 bits per heavy atom. The zero-order valence-corrected chi connectivity index (χ0v) is 17.7. The van der Waals surface area contributed by atoms with Crippen LogP contribution in [0.2, 0.25) is 0 Å². The van der Waals surface area contributed by atoms with E-state index in [1.807, 2.05) is 0 Å². The topological polar surface area (TPSA) is 192 Å². The molecule has 2 aromatic rings. The van der Waals surface area contributed by atoms with Crippen molar-refractivity contribution in [3.8, 4) is 28.7 Å². The van der Waals surface area contributed by atoms with Gasteiger partial charge in [0.2, 0.25) is 6.29 Å². The average Bonchev–Trinajstić information content (AvgIpc) is 2.78. The van der Waals surface area contributed by atoms with Crippen LogP contribution in [-0.4, -0.2) is 80.2 Å². The molecule has 1 saturated heterocycles. The first-order valence-corrected chi connectivity index (χ1v) is 10.1. The number of ketones is 1. The summed E-state index contributed by atoms with van der Waals surface area (Å²) in [6.45, 7) is 0. The molecule has 6 atom stereocenters. The summed E-state index contributed by atoms with van der Waals surface area (Å²) in [6, 6.07) is 6.76. The first-order valence-electron chi connectivity index (χ1n) is 10.1. The Morgan fingerprint density at radius 2 is 1.76 bits per heavy atom. The fraction of sp³-hybridized carbons (Fsp3) is 0.364. The van der Waals surface area contributed by atoms with Crippen LogP contribution >= 0.6 is 0 Å². The molecule has 182 valence electrons. The van der Waals surface area contributed by atoms with E-state index in [0.717, 1.165) is 6.07 Å². The molecular weight excluding hydrogens is 456 g/mol. The van der Waals surface area contributed by atoms with Gasteiger partial charge in [-0.15, -0.1) is 0 Å². The lowest BCUT2D eigenvalue weighted by molar-refractivity contribution is -0.271. The van der Waals surface area contributed by atoms with E-state index in [0.29, 0.717) is 5.56 Å². The summed E-state index contributed by atoms with van der Waals surface area (Å²) < 4.78 is 21.3. The van der Waals surface area contributed by atoms with E-state index in [4.69, 9.17) is 24.1 Å². The Hall–Kier alpha value is -3.58. The zero-order chi connectivity index (χ0) is 24.7. The van der Waals surface area contributed by atoms with Gasteiger partial charge in [0.1, 0.15) is 47.2 Å². The molecule has 2 aromatic carbocycles. The summed E-state index contributed by atoms with van der Waals surface area (Å²) in [4.78, 5) is 24.0. The van der Waals surface area contributed by atoms with Crippen LogP contribution in [-0.2, 0) is 9.53 Å². The largest absolute Gasteiger partial charge is 0.507 e. The number of phenolic OH excluding ortho intramolecular Hbond substituents is 2. The van der Waals surface area contributed by atoms with Crippen LogP contribution in [0.15, 0.2) is 30.3 Å². The molecule has 5 unspecified atom stereocenters. The van der Waals surface area contributed by atoms with Gasteiger partial charge < -0.3 is 49.6 Å². The van der Waals surface area contributed by atoms with Crippen molar-refractivity contribution < 1.29 is 59.2 Å². The summed E-state index contributed by atoms with van der Waals surface area (Å²) in [5.41, 5.74) is 0.362. The van der Waals surface area contributed by atoms with Crippen molar-refractivity contribution in [3.63, 3.8) is 0 Å². The number of hydrogen-bond donors (Lipinski definition) is 6. The van der Waals surface area contributed by atoms with Gasteiger partial charge in [-0.3, -0.25) is 4.79 Å². The minimum Gasteiger partial charge on any atom is -0.507 e. The summed E-state index contributed by atoms with van der Waals surface area (Å²) in [5, 5.41) is 59.5. The molecule has 0 amide bonds. The van der Waals surface area contributed by atoms with Crippen molar-refractivity contribution in [1.82, 2.24) is 0 Å². The van der Waals surface area contributed by atoms with Crippen LogP contribution in [0, 0.1) is 0 Å². The second-order valence-electron chi connectivity index (χ2n) is 7.83. The second kappa shape index (κ2) is 8.99. The molecule has 12 nitrogen and oxygen atoms in total. The maximum atomic E-state index is 12.7. The number of carboxylic acid groups (broad SMARTS) is 1. The number of aliphatic hydroxyl groups excluding tert-OH is 3. The molecule has 0 bridgehead atoms. The predicted octanol–water partition coefficient (Wildman–Crippen LogP) is 0.0839. The normalized spacial score (nSPS) is 28.5. The van der Waals surface area contributed by atoms with E-state index in [2.05, 4.69) is 0 Å². The molecular formula is C22H22O12. The van der Waals surface area contributed by atoms with Gasteiger partial charge in [-0.25, -0.2) is 4.79 Å². The highest BCUT2D eigenvalue weighted by Gasteiger charge is 2.48. The number of phenols is 2. The number of Topliss-reactive ketones (excluding diaryl/α,β-unsaturated/α-hetero) is 1. The van der Waals surface area contributed by atoms with Crippen LogP contribution in [0.5, 0.6) is 28.7 Å². The summed E-state index contributed by atoms with van der Waals surface area (Å²) >= 11 is 0. The van der Waals surface area contributed by atoms with Crippen LogP contribution in [0.1, 0.15) is 28.4 Å². The number of rotatable bonds is 5. The predicted molar refractivity (Wildman–Crippen MR) is 110 cm³/mol. The van der Waals surface area contributed by atoms with Gasteiger partial charge in [-0.05, 0) is 17.7 Å². The number of hydrogen-bond acceptors (Lipinski definition) is 11. The molecule has 0 aromatic heterocycles. The zero-order valence-electron chi connectivity index (χ0n) is 17.7. The maximum absolute atomic E-state index is 12.7. The first-order chi connectivity index (χ1) is 16.1. The number of carboxylic acids is 1. The SMILES string of the molecule is COc1ccc([C@@H]2CC(=O)c3c(O)cc(OC4OC(C(=O)O)C(O)C(O)C4O)cc3O2)cc1O. The number of aliphatic hydroxyl groups is 3. The quantitative estimate of drug-likeness (QED) is 0.340. The van der Waals surface area contributed by atoms with Gasteiger partial charge in [0.15, 0.2) is 23.4 Å². The number of aromatic hydroxyl groups is 2. The highest BCUT2D eigenvalue weighted by molar-refractivity contribution is 6.02. The van der Waals surface area contributed by atoms with E-state index < -0.39 is 54.3 Å². The highest BCUT2D eigenvalue weighted by Crippen LogP contribution is 2.43. The molecule has 0 aliphatic carbocycles. The number of benzene rings is 2. The van der Waals surface area contributed by atoms with E-state index >= 15 is 0 Å². The number of fused-ring (bicyclic) bond motifs is 1. The van der Waals surface area contributed by atoms with E-state index in [1.54, 1.807) is 6.07 Å². The third-order valence-corrected chi connectivity index (χ3v) is 5.61. The lowest BCUT2D eigenvalue weighted by Crippen LogP contribution is -2.61. The molecule has 0 radical (unpaired) electrons. The van der Waals surface area contributed by atoms with Crippen molar-refractivity contribution in [2.24, 2.45) is 0 Å². The number of ether oxygens (including phenoxy) is 4. The van der Waals surface area contributed by atoms with E-state index in [9.17, 15) is 35.1 Å². The highest BCUT2D eigenvalue weighted by atomic mass is 16.7. The standard InChI is InChI=1S/C22H22O12/c1-31-13-3-2-8(4-10(13)23)14-7-12(25)16-11(24)5-9(6-15(16)33-14)32-22-19(28)17(26)18(27)20(34-22)21(29)30/h2-6,14,17-20,22-24,26-28H,7H2,1H3,(H,29,30)/t14-,17?,18?,19?,20?,22?/m0/s1. The van der Waals surface area contributed by atoms with Crippen LogP contribution in [0.25, 0.3) is 0 Å². The summed E-state index contributed by atoms with van der Waals surface area (Å²) in [5.74, 6) is -2.67. The molecule has 34 heavy (non-hydrogen) atoms. The summed E-state index contributed by atoms with van der Waals surface area (Å²) in [6.07, 6.45) is -10.1. The average molecular weight is 478 g/mol. The molecule has 1 fully saturated rings. The third kappa shape index (κ3) is 4.19. The van der Waals surface area contributed by atoms with Gasteiger partial charge in [0, 0.05) is 12.1 Å². The number of methoxy groups -OCH3 is 1. The van der Waals surface area contributed by atoms with Crippen molar-refractivity contribution in [2.45, 2.75) is 43.2 Å². The molecule has 4 rings (SSSR count). The van der Waals surface area contributed by atoms with Crippen molar-refractivity contribution in [1.29, 1.82) is 0 Å². The number of carbonyl (C=O) groups excluding carboxylic acids is 1. The Kier molecular flexibility index (Phi) is 6.23. The lowest BCUT2D eigenvalue weighted by Gasteiger charge is -2.38. The van der Waals surface area contributed by atoms with Gasteiger partial charge in [-0.1, -0.05) is 6.07 Å². The number of carbonyl (C=O) groups is 2. The molecule has 2 heterocycles. The molecule has 2 aliphatic heterocycles. The van der Waals surface area contributed by atoms with Crippen molar-refractivity contribution in [3.05, 3.63) is 41.5 Å². The fourth-order valence-corrected chi connectivity index (χ4v) is 3.86. The Morgan fingerprint density at radius 3 is 2.41 bits per heavy atom. The summed E-state index contributed by atoms with van der Waals surface area (Å²) in [7, 11) is 1.39. The fourth-order valence-electron chi connectivity index (χ4n) is 3.86. The van der Waals surface area contributed by atoms with Crippen LogP contribution in [0.4, 0.5) is 0 Å².